The highest BCUT2D eigenvalue weighted by Gasteiger charge is 2.16. The number of hydrogen-bond acceptors (Lipinski definition) is 3. The van der Waals surface area contributed by atoms with Gasteiger partial charge in [-0.3, -0.25) is 4.98 Å². The first-order valence-corrected chi connectivity index (χ1v) is 6.91. The molecule has 3 rings (SSSR count). The van der Waals surface area contributed by atoms with E-state index in [0.29, 0.717) is 10.3 Å². The Morgan fingerprint density at radius 1 is 1.38 bits per heavy atom. The van der Waals surface area contributed by atoms with E-state index in [4.69, 9.17) is 17.0 Å². The highest BCUT2D eigenvalue weighted by Crippen LogP contribution is 2.28. The molecule has 1 aromatic carbocycles. The average molecular weight is 303 g/mol. The molecule has 0 spiro atoms. The Morgan fingerprint density at radius 2 is 2.19 bits per heavy atom. The molecule has 1 N–H and O–H groups in total. The van der Waals surface area contributed by atoms with E-state index in [9.17, 15) is 4.39 Å². The van der Waals surface area contributed by atoms with Gasteiger partial charge in [-0.25, -0.2) is 4.39 Å². The number of nitrogens with zero attached hydrogens (tertiary/aromatic N) is 2. The molecule has 2 aromatic heterocycles. The fourth-order valence-corrected chi connectivity index (χ4v) is 2.79. The molecule has 4 nitrogen and oxygen atoms in total. The van der Waals surface area contributed by atoms with Crippen molar-refractivity contribution in [2.75, 3.05) is 7.11 Å². The van der Waals surface area contributed by atoms with Crippen molar-refractivity contribution >= 4 is 23.3 Å². The van der Waals surface area contributed by atoms with Crippen molar-refractivity contribution in [2.24, 2.45) is 0 Å². The number of methoxy groups -OCH3 is 1. The van der Waals surface area contributed by atoms with Gasteiger partial charge in [-0.15, -0.1) is 0 Å². The minimum atomic E-state index is -0.418. The monoisotopic (exact) mass is 303 g/mol. The third-order valence-corrected chi connectivity index (χ3v) is 3.79. The molecule has 1 unspecified atom stereocenters. The first kappa shape index (κ1) is 13.8. The van der Waals surface area contributed by atoms with Gasteiger partial charge >= 0.3 is 0 Å². The maximum atomic E-state index is 13.8. The molecular weight excluding hydrogens is 289 g/mol. The van der Waals surface area contributed by atoms with Gasteiger partial charge in [-0.1, -0.05) is 6.07 Å². The Hall–Kier alpha value is -2.21. The van der Waals surface area contributed by atoms with Gasteiger partial charge in [0.1, 0.15) is 0 Å². The topological polar surface area (TPSA) is 42.8 Å². The van der Waals surface area contributed by atoms with Crippen LogP contribution in [0.5, 0.6) is 5.75 Å². The van der Waals surface area contributed by atoms with Crippen LogP contribution >= 0.6 is 12.2 Å². The molecule has 0 saturated carbocycles. The second-order valence-corrected chi connectivity index (χ2v) is 5.12. The lowest BCUT2D eigenvalue weighted by Crippen LogP contribution is -2.08. The number of pyridine rings is 1. The molecule has 0 radical (unpaired) electrons. The van der Waals surface area contributed by atoms with E-state index in [1.165, 1.54) is 13.2 Å². The number of nitrogens with one attached hydrogen (secondary N) is 1. The number of halogens is 1. The number of ether oxygens (including phenoxy) is 1. The zero-order chi connectivity index (χ0) is 15.0. The van der Waals surface area contributed by atoms with E-state index in [1.807, 2.05) is 29.7 Å². The van der Waals surface area contributed by atoms with E-state index in [-0.39, 0.29) is 11.8 Å². The fraction of sp³-hybridized carbons (Fsp3) is 0.200. The van der Waals surface area contributed by atoms with E-state index in [1.54, 1.807) is 12.3 Å². The van der Waals surface area contributed by atoms with Crippen LogP contribution in [0.15, 0.2) is 36.5 Å². The lowest BCUT2D eigenvalue weighted by molar-refractivity contribution is 0.387. The molecule has 0 amide bonds. The van der Waals surface area contributed by atoms with Crippen molar-refractivity contribution in [3.63, 3.8) is 0 Å². The quantitative estimate of drug-likeness (QED) is 0.747. The lowest BCUT2D eigenvalue weighted by atomic mass is 10.2. The normalized spacial score (nSPS) is 12.5. The maximum absolute atomic E-state index is 13.8. The molecule has 0 aliphatic rings. The number of aromatic nitrogens is 3. The van der Waals surface area contributed by atoms with Crippen LogP contribution in [0.4, 0.5) is 4.39 Å². The summed E-state index contributed by atoms with van der Waals surface area (Å²) in [7, 11) is 1.44. The van der Waals surface area contributed by atoms with Gasteiger partial charge in [0, 0.05) is 18.3 Å². The highest BCUT2D eigenvalue weighted by molar-refractivity contribution is 7.71. The largest absolute Gasteiger partial charge is 0.494 e. The molecule has 2 heterocycles. The van der Waals surface area contributed by atoms with Crippen LogP contribution in [0.25, 0.3) is 11.0 Å². The molecular formula is C15H14FN3OS. The molecule has 21 heavy (non-hydrogen) atoms. The molecule has 1 atom stereocenters. The van der Waals surface area contributed by atoms with Crippen LogP contribution in [0.3, 0.4) is 0 Å². The summed E-state index contributed by atoms with van der Waals surface area (Å²) in [4.78, 5) is 7.38. The molecule has 0 saturated heterocycles. The van der Waals surface area contributed by atoms with Crippen LogP contribution < -0.4 is 4.74 Å². The predicted molar refractivity (Wildman–Crippen MR) is 81.7 cm³/mol. The van der Waals surface area contributed by atoms with Crippen LogP contribution in [-0.4, -0.2) is 21.6 Å². The summed E-state index contributed by atoms with van der Waals surface area (Å²) in [5, 5.41) is 0. The summed E-state index contributed by atoms with van der Waals surface area (Å²) in [6.07, 6.45) is 1.74. The fourth-order valence-electron chi connectivity index (χ4n) is 2.42. The Labute approximate surface area is 126 Å². The second kappa shape index (κ2) is 5.29. The van der Waals surface area contributed by atoms with E-state index in [2.05, 4.69) is 9.97 Å². The van der Waals surface area contributed by atoms with Crippen molar-refractivity contribution in [2.45, 2.75) is 13.0 Å². The van der Waals surface area contributed by atoms with E-state index in [0.717, 1.165) is 11.2 Å². The molecule has 108 valence electrons. The molecule has 0 fully saturated rings. The van der Waals surface area contributed by atoms with Crippen molar-refractivity contribution in [3.05, 3.63) is 52.8 Å². The minimum absolute atomic E-state index is 0.0670. The van der Waals surface area contributed by atoms with Gasteiger partial charge in [0.05, 0.1) is 29.9 Å². The summed E-state index contributed by atoms with van der Waals surface area (Å²) in [5.74, 6) is -0.225. The number of fused-ring (bicyclic) bond motifs is 1. The van der Waals surface area contributed by atoms with E-state index < -0.39 is 5.82 Å². The Bertz CT molecular complexity index is 841. The molecule has 0 bridgehead atoms. The van der Waals surface area contributed by atoms with Crippen LogP contribution in [0.1, 0.15) is 18.7 Å². The smallest absolute Gasteiger partial charge is 0.178 e. The third kappa shape index (κ3) is 2.31. The minimum Gasteiger partial charge on any atom is -0.494 e. The lowest BCUT2D eigenvalue weighted by Gasteiger charge is -2.14. The predicted octanol–water partition coefficient (Wildman–Crippen LogP) is 3.85. The van der Waals surface area contributed by atoms with Crippen molar-refractivity contribution in [1.29, 1.82) is 0 Å². The first-order valence-electron chi connectivity index (χ1n) is 6.50. The number of rotatable bonds is 3. The standard InChI is InChI=1S/C15H14FN3OS/c1-9(11-5-3-4-6-17-11)19-13-8-14(20-2)10(16)7-12(13)18-15(19)21/h3-9H,1-2H3,(H,18,21). The van der Waals surface area contributed by atoms with Crippen LogP contribution in [0.2, 0.25) is 0 Å². The van der Waals surface area contributed by atoms with Gasteiger partial charge in [0.25, 0.3) is 0 Å². The van der Waals surface area contributed by atoms with Gasteiger partial charge in [-0.2, -0.15) is 0 Å². The van der Waals surface area contributed by atoms with Crippen LogP contribution in [-0.2, 0) is 0 Å². The van der Waals surface area contributed by atoms with Gasteiger partial charge in [-0.05, 0) is 31.3 Å². The summed E-state index contributed by atoms with van der Waals surface area (Å²) in [6, 6.07) is 8.71. The number of H-pyrrole nitrogens is 1. The number of aromatic amines is 1. The van der Waals surface area contributed by atoms with Gasteiger partial charge < -0.3 is 14.3 Å². The summed E-state index contributed by atoms with van der Waals surface area (Å²) in [6.45, 7) is 2.00. The molecule has 3 aromatic rings. The number of hydrogen-bond donors (Lipinski definition) is 1. The number of imidazole rings is 1. The molecule has 6 heteroatoms. The van der Waals surface area contributed by atoms with E-state index >= 15 is 0 Å². The second-order valence-electron chi connectivity index (χ2n) is 4.73. The average Bonchev–Trinajstić information content (AvgIpc) is 2.81. The SMILES string of the molecule is COc1cc2c(cc1F)[nH]c(=S)n2C(C)c1ccccn1. The summed E-state index contributed by atoms with van der Waals surface area (Å²) in [5.41, 5.74) is 2.32. The highest BCUT2D eigenvalue weighted by atomic mass is 32.1. The van der Waals surface area contributed by atoms with Crippen LogP contribution in [0, 0.1) is 10.6 Å². The van der Waals surface area contributed by atoms with Gasteiger partial charge in [0.15, 0.2) is 16.3 Å². The van der Waals surface area contributed by atoms with Crippen molar-refractivity contribution < 1.29 is 9.13 Å². The van der Waals surface area contributed by atoms with Crippen molar-refractivity contribution in [1.82, 2.24) is 14.5 Å². The zero-order valence-corrected chi connectivity index (χ0v) is 12.4. The summed E-state index contributed by atoms with van der Waals surface area (Å²) < 4.78 is 21.3. The Balaban J connectivity index is 2.22. The molecule has 0 aliphatic heterocycles. The summed E-state index contributed by atoms with van der Waals surface area (Å²) >= 11 is 5.37. The maximum Gasteiger partial charge on any atom is 0.178 e. The third-order valence-electron chi connectivity index (χ3n) is 3.49. The number of benzene rings is 1. The first-order chi connectivity index (χ1) is 10.1. The Kier molecular flexibility index (Phi) is 3.47. The van der Waals surface area contributed by atoms with Gasteiger partial charge in [0.2, 0.25) is 0 Å². The van der Waals surface area contributed by atoms with Crippen molar-refractivity contribution in [3.8, 4) is 5.75 Å². The zero-order valence-electron chi connectivity index (χ0n) is 11.6. The molecule has 0 aliphatic carbocycles. The Morgan fingerprint density at radius 3 is 2.86 bits per heavy atom.